The lowest BCUT2D eigenvalue weighted by molar-refractivity contribution is -0.171. The minimum absolute atomic E-state index is 0.0128. The van der Waals surface area contributed by atoms with Gasteiger partial charge in [0.2, 0.25) is 5.91 Å². The summed E-state index contributed by atoms with van der Waals surface area (Å²) in [5.41, 5.74) is 5.08. The molecule has 1 spiro atoms. The smallest absolute Gasteiger partial charge is 0.244 e. The Balaban J connectivity index is 1.59. The molecule has 4 bridgehead atoms. The Bertz CT molecular complexity index is 1730. The number of carbonyl (C=O) groups excluding carboxylic acids is 3. The van der Waals surface area contributed by atoms with Crippen molar-refractivity contribution in [1.29, 1.82) is 0 Å². The van der Waals surface area contributed by atoms with Gasteiger partial charge < -0.3 is 25.1 Å². The van der Waals surface area contributed by atoms with Gasteiger partial charge in [0.05, 0.1) is 11.2 Å². The standard InChI is InChI=1S/C38H45NO7/c1-20(2)10-9-15-36(8)16-14-24-29(40)28-30(41)26-18-23-19-27-35(6,7)46-37(33(23)42,17-13-22(5)34(39)43)38(26,27)45-32(28)25(31(24)44-36)12-11-21(3)4/h10-11,13-14,16,18,23,27,40H,9,12,15,17,19H2,1-8H3,(H2,39,43)/b22-13-. The van der Waals surface area contributed by atoms with Crippen molar-refractivity contribution >= 4 is 23.5 Å². The molecule has 2 fully saturated rings. The average Bonchev–Trinajstić information content (AvgIpc) is 3.12. The number of allylic oxidation sites excluding steroid dienone is 5. The first-order valence-corrected chi connectivity index (χ1v) is 16.2. The third-order valence-corrected chi connectivity index (χ3v) is 10.5. The third kappa shape index (κ3) is 4.47. The maximum absolute atomic E-state index is 14.7. The van der Waals surface area contributed by atoms with Gasteiger partial charge in [0.25, 0.3) is 0 Å². The highest BCUT2D eigenvalue weighted by atomic mass is 16.6. The molecule has 3 N–H and O–H groups in total. The van der Waals surface area contributed by atoms with Gasteiger partial charge >= 0.3 is 0 Å². The van der Waals surface area contributed by atoms with Crippen LogP contribution in [0.2, 0.25) is 0 Å². The van der Waals surface area contributed by atoms with E-state index in [1.807, 2.05) is 52.8 Å². The van der Waals surface area contributed by atoms with Gasteiger partial charge in [-0.1, -0.05) is 35.5 Å². The van der Waals surface area contributed by atoms with Crippen LogP contribution in [0.1, 0.15) is 103 Å². The van der Waals surface area contributed by atoms with Gasteiger partial charge in [-0.15, -0.1) is 0 Å². The van der Waals surface area contributed by atoms with E-state index < -0.39 is 34.2 Å². The summed E-state index contributed by atoms with van der Waals surface area (Å²) in [6.07, 6.45) is 13.7. The lowest BCUT2D eigenvalue weighted by Crippen LogP contribution is -2.72. The number of amides is 1. The molecule has 0 aromatic heterocycles. The molecule has 1 saturated heterocycles. The molecule has 6 aliphatic rings. The number of fused-ring (bicyclic) bond motifs is 2. The molecule has 5 atom stereocenters. The number of nitrogens with two attached hydrogens (primary N) is 1. The lowest BCUT2D eigenvalue weighted by Gasteiger charge is -2.56. The summed E-state index contributed by atoms with van der Waals surface area (Å²) in [5.74, 6) is -1.59. The molecule has 8 nitrogen and oxygen atoms in total. The topological polar surface area (TPSA) is 125 Å². The van der Waals surface area contributed by atoms with Crippen molar-refractivity contribution in [2.45, 2.75) is 110 Å². The zero-order valence-electron chi connectivity index (χ0n) is 28.1. The van der Waals surface area contributed by atoms with Crippen molar-refractivity contribution < 1.29 is 33.7 Å². The Kier molecular flexibility index (Phi) is 7.36. The molecule has 1 aromatic rings. The number of phenols is 1. The molecule has 5 unspecified atom stereocenters. The van der Waals surface area contributed by atoms with Crippen LogP contribution in [0.3, 0.4) is 0 Å². The number of ketones is 2. The van der Waals surface area contributed by atoms with Crippen molar-refractivity contribution in [2.24, 2.45) is 17.6 Å². The van der Waals surface area contributed by atoms with Crippen molar-refractivity contribution in [1.82, 2.24) is 0 Å². The molecule has 8 heteroatoms. The predicted octanol–water partition coefficient (Wildman–Crippen LogP) is 6.64. The number of ether oxygens (including phenoxy) is 3. The van der Waals surface area contributed by atoms with Crippen molar-refractivity contribution in [2.75, 3.05) is 0 Å². The number of rotatable bonds is 8. The third-order valence-electron chi connectivity index (χ3n) is 10.5. The zero-order chi connectivity index (χ0) is 33.6. The van der Waals surface area contributed by atoms with Gasteiger partial charge in [-0.2, -0.15) is 0 Å². The summed E-state index contributed by atoms with van der Waals surface area (Å²) < 4.78 is 20.7. The van der Waals surface area contributed by atoms with Crippen LogP contribution in [-0.2, 0) is 20.7 Å². The SMILES string of the molecule is CC(C)=CCCC1(C)C=Cc2c(O)c3c(c(CC=C(C)C)c2O1)OC12C(=CC4CC1C(C)(C)OC2(C/C=C(/C)C(N)=O)C4=O)C3=O. The predicted molar refractivity (Wildman–Crippen MR) is 176 cm³/mol. The van der Waals surface area contributed by atoms with Gasteiger partial charge in [-0.3, -0.25) is 14.4 Å². The minimum Gasteiger partial charge on any atom is -0.506 e. The lowest BCUT2D eigenvalue weighted by atomic mass is 9.51. The number of aromatic hydroxyl groups is 1. The summed E-state index contributed by atoms with van der Waals surface area (Å²) in [6.45, 7) is 15.6. The van der Waals surface area contributed by atoms with E-state index in [1.54, 1.807) is 19.1 Å². The normalized spacial score (nSPS) is 31.2. The Morgan fingerprint density at radius 3 is 2.37 bits per heavy atom. The number of carbonyl (C=O) groups is 3. The highest BCUT2D eigenvalue weighted by Gasteiger charge is 2.81. The van der Waals surface area contributed by atoms with Crippen LogP contribution < -0.4 is 15.2 Å². The summed E-state index contributed by atoms with van der Waals surface area (Å²) in [4.78, 5) is 41.1. The van der Waals surface area contributed by atoms with E-state index in [1.165, 1.54) is 5.57 Å². The Morgan fingerprint density at radius 1 is 1.02 bits per heavy atom. The maximum Gasteiger partial charge on any atom is 0.244 e. The number of primary amides is 1. The van der Waals surface area contributed by atoms with Gasteiger partial charge in [-0.25, -0.2) is 0 Å². The van der Waals surface area contributed by atoms with Crippen molar-refractivity contribution in [3.05, 3.63) is 69.4 Å². The van der Waals surface area contributed by atoms with E-state index in [-0.39, 0.29) is 41.0 Å². The number of phenolic OH excluding ortho intramolecular Hbond substituents is 1. The Labute approximate surface area is 271 Å². The summed E-state index contributed by atoms with van der Waals surface area (Å²) in [6, 6.07) is 0. The highest BCUT2D eigenvalue weighted by molar-refractivity contribution is 6.19. The maximum atomic E-state index is 14.7. The fourth-order valence-electron chi connectivity index (χ4n) is 8.19. The van der Waals surface area contributed by atoms with Gasteiger partial charge in [0, 0.05) is 35.0 Å². The van der Waals surface area contributed by atoms with Crippen LogP contribution in [0.25, 0.3) is 6.08 Å². The Hall–Kier alpha value is -3.91. The first-order valence-electron chi connectivity index (χ1n) is 16.2. The van der Waals surface area contributed by atoms with Crippen LogP contribution in [0.5, 0.6) is 17.2 Å². The van der Waals surface area contributed by atoms with E-state index >= 15 is 0 Å². The van der Waals surface area contributed by atoms with E-state index in [0.29, 0.717) is 47.3 Å². The molecule has 0 radical (unpaired) electrons. The average molecular weight is 628 g/mol. The van der Waals surface area contributed by atoms with Crippen molar-refractivity contribution in [3.8, 4) is 17.2 Å². The van der Waals surface area contributed by atoms with Crippen molar-refractivity contribution in [3.63, 3.8) is 0 Å². The summed E-state index contributed by atoms with van der Waals surface area (Å²) >= 11 is 0. The molecule has 3 aliphatic carbocycles. The highest BCUT2D eigenvalue weighted by Crippen LogP contribution is 2.68. The van der Waals surface area contributed by atoms with Crippen LogP contribution in [0, 0.1) is 11.8 Å². The number of Topliss-reactive ketones (excluding diaryl/α,β-unsaturated/α-hetero) is 2. The molecule has 3 aliphatic heterocycles. The summed E-state index contributed by atoms with van der Waals surface area (Å²) in [7, 11) is 0. The molecule has 1 amide bonds. The Morgan fingerprint density at radius 2 is 1.72 bits per heavy atom. The number of hydrogen-bond donors (Lipinski definition) is 2. The second-order valence-corrected chi connectivity index (χ2v) is 14.8. The minimum atomic E-state index is -1.57. The molecule has 1 saturated carbocycles. The van der Waals surface area contributed by atoms with E-state index in [2.05, 4.69) is 19.9 Å². The largest absolute Gasteiger partial charge is 0.506 e. The summed E-state index contributed by atoms with van der Waals surface area (Å²) in [5, 5.41) is 11.8. The first kappa shape index (κ1) is 32.0. The zero-order valence-corrected chi connectivity index (χ0v) is 28.1. The molecule has 7 rings (SSSR count). The van der Waals surface area contributed by atoms with Crippen LogP contribution >= 0.6 is 0 Å². The molecular formula is C38H45NO7. The fraction of sp³-hybridized carbons (Fsp3) is 0.500. The number of hydrogen-bond acceptors (Lipinski definition) is 7. The second kappa shape index (κ2) is 10.6. The monoisotopic (exact) mass is 627 g/mol. The van der Waals surface area contributed by atoms with Crippen LogP contribution in [-0.4, -0.2) is 45.0 Å². The van der Waals surface area contributed by atoms with Gasteiger partial charge in [0.15, 0.2) is 22.8 Å². The molecular weight excluding hydrogens is 582 g/mol. The quantitative estimate of drug-likeness (QED) is 0.245. The molecule has 46 heavy (non-hydrogen) atoms. The van der Waals surface area contributed by atoms with Gasteiger partial charge in [-0.05, 0) is 93.2 Å². The van der Waals surface area contributed by atoms with E-state index in [4.69, 9.17) is 19.9 Å². The first-order chi connectivity index (χ1) is 21.5. The molecule has 1 aromatic carbocycles. The fourth-order valence-corrected chi connectivity index (χ4v) is 8.19. The molecule has 244 valence electrons. The molecule has 3 heterocycles. The van der Waals surface area contributed by atoms with E-state index in [9.17, 15) is 19.5 Å². The number of benzene rings is 1. The van der Waals surface area contributed by atoms with E-state index in [0.717, 1.165) is 12.0 Å². The van der Waals surface area contributed by atoms with Crippen LogP contribution in [0.15, 0.2) is 52.7 Å². The van der Waals surface area contributed by atoms with Gasteiger partial charge in [0.1, 0.15) is 28.4 Å². The second-order valence-electron chi connectivity index (χ2n) is 14.8. The van der Waals surface area contributed by atoms with Crippen LogP contribution in [0.4, 0.5) is 0 Å².